The summed E-state index contributed by atoms with van der Waals surface area (Å²) < 4.78 is 30.5. The minimum Gasteiger partial charge on any atom is -1.00 e. The van der Waals surface area contributed by atoms with Crippen LogP contribution in [-0.2, 0) is 10.1 Å². The Morgan fingerprint density at radius 1 is 1.26 bits per heavy atom. The second-order valence-electron chi connectivity index (χ2n) is 2.79. The number of carbonyl (C=O) groups is 1. The van der Waals surface area contributed by atoms with E-state index in [9.17, 15) is 13.2 Å². The van der Waals surface area contributed by atoms with Crippen molar-refractivity contribution in [2.24, 2.45) is 0 Å². The summed E-state index contributed by atoms with van der Waals surface area (Å²) in [5.41, 5.74) is 5.54. The number of hydrogen-bond acceptors (Lipinski definition) is 4. The molecule has 11 heteroatoms. The normalized spacial score (nSPS) is 8.32. The molecule has 5 nitrogen and oxygen atoms in total. The number of anilines is 1. The first-order valence-corrected chi connectivity index (χ1v) is 5.14. The molecular weight excluding hydrogens is 281 g/mol. The Balaban J connectivity index is -0.0000000817. The van der Waals surface area contributed by atoms with Crippen LogP contribution in [0.5, 0.6) is 0 Å². The van der Waals surface area contributed by atoms with Gasteiger partial charge in [-0.05, 0) is 25.1 Å². The van der Waals surface area contributed by atoms with E-state index in [1.165, 1.54) is 19.1 Å². The van der Waals surface area contributed by atoms with E-state index >= 15 is 0 Å². The van der Waals surface area contributed by atoms with Crippen molar-refractivity contribution in [3.63, 3.8) is 0 Å². The van der Waals surface area contributed by atoms with E-state index in [-0.39, 0.29) is 54.1 Å². The van der Waals surface area contributed by atoms with Crippen LogP contribution in [0.15, 0.2) is 23.1 Å². The molecular formula is C8H13BF3LiNO4S. The van der Waals surface area contributed by atoms with E-state index in [1.807, 2.05) is 0 Å². The minimum absolute atomic E-state index is 0. The zero-order chi connectivity index (χ0) is 10.9. The van der Waals surface area contributed by atoms with Crippen LogP contribution >= 0.6 is 0 Å². The summed E-state index contributed by atoms with van der Waals surface area (Å²) in [6, 6.07) is 3.61. The van der Waals surface area contributed by atoms with E-state index in [1.54, 1.807) is 0 Å². The summed E-state index contributed by atoms with van der Waals surface area (Å²) in [5.74, 6) is -0.468. The summed E-state index contributed by atoms with van der Waals surface area (Å²) >= 11 is 0. The van der Waals surface area contributed by atoms with Crippen molar-refractivity contribution in [3.8, 4) is 0 Å². The number of benzene rings is 1. The molecule has 0 saturated heterocycles. The van der Waals surface area contributed by atoms with E-state index in [0.29, 0.717) is 0 Å². The third-order valence-electron chi connectivity index (χ3n) is 1.66. The summed E-state index contributed by atoms with van der Waals surface area (Å²) in [6.07, 6.45) is 0. The minimum atomic E-state index is -4.37. The van der Waals surface area contributed by atoms with Crippen LogP contribution < -0.4 is 24.6 Å². The molecule has 0 aliphatic heterocycles. The monoisotopic (exact) mass is 294 g/mol. The molecule has 0 spiro atoms. The SMILES string of the molecule is CC(=O)c1cc(N)ccc1S(=O)(=O)O.F.F.F.[B].[H-].[Li+]. The molecule has 3 N–H and O–H groups in total. The smallest absolute Gasteiger partial charge is 1.00 e. The largest absolute Gasteiger partial charge is 1.00 e. The van der Waals surface area contributed by atoms with Crippen molar-refractivity contribution in [2.45, 2.75) is 11.8 Å². The molecule has 0 atom stereocenters. The van der Waals surface area contributed by atoms with E-state index < -0.39 is 20.8 Å². The predicted octanol–water partition coefficient (Wildman–Crippen LogP) is -2.09. The predicted molar refractivity (Wildman–Crippen MR) is 65.0 cm³/mol. The molecule has 3 radical (unpaired) electrons. The molecule has 0 heterocycles. The zero-order valence-corrected chi connectivity index (χ0v) is 11.0. The summed E-state index contributed by atoms with van der Waals surface area (Å²) in [5, 5.41) is 0. The quantitative estimate of drug-likeness (QED) is 0.282. The number of hydrogen-bond donors (Lipinski definition) is 2. The Labute approximate surface area is 124 Å². The van der Waals surface area contributed by atoms with Gasteiger partial charge in [-0.2, -0.15) is 8.42 Å². The molecule has 0 aliphatic rings. The van der Waals surface area contributed by atoms with Gasteiger partial charge in [0, 0.05) is 19.7 Å². The number of nitrogens with two attached hydrogens (primary N) is 1. The maximum absolute atomic E-state index is 11.0. The maximum atomic E-state index is 11.0. The van der Waals surface area contributed by atoms with Gasteiger partial charge in [-0.3, -0.25) is 23.5 Å². The van der Waals surface area contributed by atoms with E-state index in [0.717, 1.165) is 6.07 Å². The van der Waals surface area contributed by atoms with Gasteiger partial charge in [0.25, 0.3) is 10.1 Å². The standard InChI is InChI=1S/C8H9NO4S.B.3FH.Li.H/c1-5(10)7-4-6(9)2-3-8(7)14(11,12)13;;;;;;/h2-4H,9H2,1H3,(H,11,12,13);;3*1H;;/q;;;;;+1;-1. The molecule has 1 rings (SSSR count). The Hall–Kier alpha value is -0.948. The molecule has 0 fully saturated rings. The molecule has 19 heavy (non-hydrogen) atoms. The Kier molecular flexibility index (Phi) is 17.7. The Morgan fingerprint density at radius 3 is 2.00 bits per heavy atom. The van der Waals surface area contributed by atoms with Gasteiger partial charge in [0.1, 0.15) is 4.90 Å². The Morgan fingerprint density at radius 2 is 1.68 bits per heavy atom. The summed E-state index contributed by atoms with van der Waals surface area (Å²) in [6.45, 7) is 1.20. The fourth-order valence-corrected chi connectivity index (χ4v) is 1.77. The van der Waals surface area contributed by atoms with Crippen molar-refractivity contribution in [1.29, 1.82) is 0 Å². The van der Waals surface area contributed by atoms with Crippen LogP contribution in [0.1, 0.15) is 18.7 Å². The average Bonchev–Trinajstić information content (AvgIpc) is 2.01. The first kappa shape index (κ1) is 30.8. The van der Waals surface area contributed by atoms with Gasteiger partial charge >= 0.3 is 18.9 Å². The number of carbonyl (C=O) groups excluding carboxylic acids is 1. The molecule has 0 aromatic heterocycles. The van der Waals surface area contributed by atoms with Gasteiger partial charge in [0.2, 0.25) is 0 Å². The van der Waals surface area contributed by atoms with Gasteiger partial charge in [0.05, 0.1) is 0 Å². The van der Waals surface area contributed by atoms with Crippen LogP contribution in [-0.4, -0.2) is 27.2 Å². The van der Waals surface area contributed by atoms with Crippen molar-refractivity contribution in [3.05, 3.63) is 23.8 Å². The average molecular weight is 294 g/mol. The first-order valence-electron chi connectivity index (χ1n) is 3.70. The molecule has 0 unspecified atom stereocenters. The van der Waals surface area contributed by atoms with Crippen molar-refractivity contribution >= 4 is 30.0 Å². The van der Waals surface area contributed by atoms with Gasteiger partial charge < -0.3 is 7.16 Å². The maximum Gasteiger partial charge on any atom is 1.00 e. The van der Waals surface area contributed by atoms with Crippen LogP contribution in [0.4, 0.5) is 19.8 Å². The fourth-order valence-electron chi connectivity index (χ4n) is 1.05. The molecule has 1 aromatic rings. The molecule has 0 aliphatic carbocycles. The fraction of sp³-hybridized carbons (Fsp3) is 0.125. The topological polar surface area (TPSA) is 97.5 Å². The number of Topliss-reactive ketones (excluding diaryl/α,β-unsaturated/α-hetero) is 1. The van der Waals surface area contributed by atoms with Gasteiger partial charge in [-0.15, -0.1) is 0 Å². The number of ketones is 1. The van der Waals surface area contributed by atoms with Gasteiger partial charge in [0.15, 0.2) is 5.78 Å². The van der Waals surface area contributed by atoms with Crippen LogP contribution in [0.3, 0.4) is 0 Å². The van der Waals surface area contributed by atoms with E-state index in [4.69, 9.17) is 10.3 Å². The second kappa shape index (κ2) is 10.9. The van der Waals surface area contributed by atoms with Crippen LogP contribution in [0.2, 0.25) is 0 Å². The zero-order valence-electron chi connectivity index (χ0n) is 11.2. The second-order valence-corrected chi connectivity index (χ2v) is 4.18. The van der Waals surface area contributed by atoms with Gasteiger partial charge in [-0.25, -0.2) is 0 Å². The third-order valence-corrected chi connectivity index (χ3v) is 2.57. The molecule has 0 amide bonds. The summed E-state index contributed by atoms with van der Waals surface area (Å²) in [7, 11) is -4.37. The molecule has 105 valence electrons. The van der Waals surface area contributed by atoms with Crippen LogP contribution in [0, 0.1) is 0 Å². The Bertz CT molecular complexity index is 506. The number of nitrogen functional groups attached to an aromatic ring is 1. The number of rotatable bonds is 2. The summed E-state index contributed by atoms with van der Waals surface area (Å²) in [4.78, 5) is 10.6. The molecule has 1 aromatic carbocycles. The number of halogens is 3. The van der Waals surface area contributed by atoms with Crippen molar-refractivity contribution < 1.29 is 52.2 Å². The van der Waals surface area contributed by atoms with Crippen molar-refractivity contribution in [2.75, 3.05) is 5.73 Å². The van der Waals surface area contributed by atoms with E-state index in [2.05, 4.69) is 0 Å². The molecule has 0 bridgehead atoms. The first-order chi connectivity index (χ1) is 6.32. The van der Waals surface area contributed by atoms with Crippen LogP contribution in [0.25, 0.3) is 0 Å². The van der Waals surface area contributed by atoms with Crippen molar-refractivity contribution in [1.82, 2.24) is 0 Å². The third kappa shape index (κ3) is 7.94. The molecule has 0 saturated carbocycles. The van der Waals surface area contributed by atoms with Gasteiger partial charge in [-0.1, -0.05) is 0 Å².